The molecule has 0 saturated heterocycles. The molecule has 1 atom stereocenters. The number of allylic oxidation sites excluding steroid dienone is 1. The molecule has 5 rings (SSSR count). The Balaban J connectivity index is 1.86. The average molecular weight is 578 g/mol. The zero-order valence-electron chi connectivity index (χ0n) is 25.5. The van der Waals surface area contributed by atoms with Crippen molar-refractivity contribution >= 4 is 54.0 Å². The van der Waals surface area contributed by atoms with Crippen molar-refractivity contribution in [2.24, 2.45) is 4.99 Å². The third-order valence-electron chi connectivity index (χ3n) is 8.77. The van der Waals surface area contributed by atoms with Gasteiger partial charge in [-0.15, -0.1) is 0 Å². The van der Waals surface area contributed by atoms with Crippen LogP contribution in [0.5, 0.6) is 0 Å². The lowest BCUT2D eigenvalue weighted by atomic mass is 9.96. The van der Waals surface area contributed by atoms with E-state index in [1.165, 1.54) is 0 Å². The Kier molecular flexibility index (Phi) is 8.13. The number of carboxylic acids is 1. The minimum atomic E-state index is -0.845. The fourth-order valence-corrected chi connectivity index (χ4v) is 6.15. The van der Waals surface area contributed by atoms with Crippen molar-refractivity contribution in [3.63, 3.8) is 0 Å². The molecule has 0 saturated carbocycles. The van der Waals surface area contributed by atoms with E-state index < -0.39 is 5.97 Å². The Morgan fingerprint density at radius 2 is 1.53 bits per heavy atom. The molecule has 5 heterocycles. The summed E-state index contributed by atoms with van der Waals surface area (Å²) in [6, 6.07) is -0.344. The number of amides is 1. The number of fused-ring (bicyclic) bond motifs is 7. The summed E-state index contributed by atoms with van der Waals surface area (Å²) in [4.78, 5) is 39.7. The summed E-state index contributed by atoms with van der Waals surface area (Å²) >= 11 is 0. The summed E-state index contributed by atoms with van der Waals surface area (Å²) in [6.07, 6.45) is 13.3. The summed E-state index contributed by atoms with van der Waals surface area (Å²) in [6.45, 7) is 16.4. The lowest BCUT2D eigenvalue weighted by Crippen LogP contribution is -2.21. The fourth-order valence-electron chi connectivity index (χ4n) is 6.15. The van der Waals surface area contributed by atoms with Gasteiger partial charge in [-0.05, 0) is 98.2 Å². The van der Waals surface area contributed by atoms with E-state index in [2.05, 4.69) is 72.4 Å². The van der Waals surface area contributed by atoms with Crippen molar-refractivity contribution in [1.82, 2.24) is 20.3 Å². The standard InChI is InChI=1S/C35H39N5O3/c1-8-22-18(3)26-14-27-20(5)24(10-12-34(41)36-7)32(39-27)17-33-25(11-13-35(42)43)21(6)29(40-33)16-31-23(9-2)19(4)28(38-31)15-30(22)37-26/h8-9,14-17,33,37-39H,1-2,10-13H2,3-7H3,(H,36,41)(H,42,43)/b27-14-,28-15-,31-16-,32-17-. The van der Waals surface area contributed by atoms with Gasteiger partial charge < -0.3 is 25.4 Å². The van der Waals surface area contributed by atoms with Crippen molar-refractivity contribution in [2.45, 2.75) is 59.4 Å². The first-order chi connectivity index (χ1) is 20.6. The Morgan fingerprint density at radius 3 is 2.21 bits per heavy atom. The predicted molar refractivity (Wildman–Crippen MR) is 175 cm³/mol. The molecule has 0 spiro atoms. The highest BCUT2D eigenvalue weighted by Crippen LogP contribution is 2.28. The van der Waals surface area contributed by atoms with Crippen molar-refractivity contribution < 1.29 is 14.7 Å². The second kappa shape index (κ2) is 11.8. The zero-order chi connectivity index (χ0) is 31.0. The molecule has 222 valence electrons. The maximum absolute atomic E-state index is 12.2. The highest BCUT2D eigenvalue weighted by molar-refractivity contribution is 6.22. The zero-order valence-corrected chi connectivity index (χ0v) is 25.5. The van der Waals surface area contributed by atoms with Crippen LogP contribution in [-0.4, -0.2) is 50.7 Å². The number of aromatic nitrogens is 3. The van der Waals surface area contributed by atoms with Gasteiger partial charge in [0.15, 0.2) is 0 Å². The highest BCUT2D eigenvalue weighted by atomic mass is 16.4. The monoisotopic (exact) mass is 577 g/mol. The Morgan fingerprint density at radius 1 is 0.860 bits per heavy atom. The van der Waals surface area contributed by atoms with Crippen molar-refractivity contribution in [2.75, 3.05) is 7.05 Å². The minimum absolute atomic E-state index is 0.0185. The van der Waals surface area contributed by atoms with E-state index in [0.29, 0.717) is 19.3 Å². The van der Waals surface area contributed by atoms with Crippen LogP contribution in [0, 0.1) is 20.8 Å². The molecule has 0 aromatic carbocycles. The highest BCUT2D eigenvalue weighted by Gasteiger charge is 2.25. The number of carboxylic acid groups (broad SMARTS) is 1. The Hall–Kier alpha value is -4.85. The molecule has 0 fully saturated rings. The van der Waals surface area contributed by atoms with Crippen LogP contribution in [0.1, 0.15) is 71.0 Å². The number of H-pyrrole nitrogens is 3. The van der Waals surface area contributed by atoms with Gasteiger partial charge in [0.05, 0.1) is 11.8 Å². The first-order valence-corrected chi connectivity index (χ1v) is 14.6. The van der Waals surface area contributed by atoms with E-state index in [1.54, 1.807) is 7.05 Å². The van der Waals surface area contributed by atoms with Gasteiger partial charge in [0, 0.05) is 63.8 Å². The summed E-state index contributed by atoms with van der Waals surface area (Å²) in [5.41, 5.74) is 10.9. The van der Waals surface area contributed by atoms with E-state index in [9.17, 15) is 14.7 Å². The number of hydrogen-bond acceptors (Lipinski definition) is 3. The summed E-state index contributed by atoms with van der Waals surface area (Å²) in [5.74, 6) is -0.874. The van der Waals surface area contributed by atoms with Crippen LogP contribution in [0.4, 0.5) is 0 Å². The molecule has 2 aliphatic rings. The van der Waals surface area contributed by atoms with Crippen LogP contribution in [0.15, 0.2) is 29.3 Å². The molecule has 1 unspecified atom stereocenters. The largest absolute Gasteiger partial charge is 0.481 e. The molecular formula is C35H39N5O3. The van der Waals surface area contributed by atoms with Crippen molar-refractivity contribution in [3.05, 3.63) is 90.5 Å². The predicted octanol–water partition coefficient (Wildman–Crippen LogP) is 2.80. The first kappa shape index (κ1) is 29.6. The molecular weight excluding hydrogens is 538 g/mol. The quantitative estimate of drug-likeness (QED) is 0.283. The van der Waals surface area contributed by atoms with E-state index in [-0.39, 0.29) is 18.4 Å². The van der Waals surface area contributed by atoms with Crippen LogP contribution < -0.4 is 26.7 Å². The Labute approximate surface area is 250 Å². The number of nitrogens with zero attached hydrogens (tertiary/aromatic N) is 1. The molecule has 2 aliphatic heterocycles. The number of carbonyl (C=O) groups excluding carboxylic acids is 1. The van der Waals surface area contributed by atoms with Crippen molar-refractivity contribution in [1.29, 1.82) is 0 Å². The minimum Gasteiger partial charge on any atom is -0.481 e. The van der Waals surface area contributed by atoms with Crippen molar-refractivity contribution in [3.8, 4) is 0 Å². The number of aliphatic imine (C=N–C) groups is 1. The number of aliphatic carboxylic acids is 1. The maximum Gasteiger partial charge on any atom is 0.303 e. The van der Waals surface area contributed by atoms with E-state index >= 15 is 0 Å². The summed E-state index contributed by atoms with van der Waals surface area (Å²) in [5, 5.41) is 15.9. The number of rotatable bonds is 8. The van der Waals surface area contributed by atoms with Gasteiger partial charge in [0.1, 0.15) is 0 Å². The number of nitrogens with one attached hydrogen (secondary N) is 4. The molecule has 3 aromatic rings. The summed E-state index contributed by atoms with van der Waals surface area (Å²) in [7, 11) is 1.64. The lowest BCUT2D eigenvalue weighted by Gasteiger charge is -2.09. The number of hydrogen-bond donors (Lipinski definition) is 5. The average Bonchev–Trinajstić information content (AvgIpc) is 3.63. The number of aromatic amines is 3. The van der Waals surface area contributed by atoms with E-state index in [0.717, 1.165) is 83.0 Å². The van der Waals surface area contributed by atoms with Crippen LogP contribution >= 0.6 is 0 Å². The second-order valence-corrected chi connectivity index (χ2v) is 11.2. The maximum atomic E-state index is 12.2. The molecule has 8 bridgehead atoms. The van der Waals surface area contributed by atoms with Gasteiger partial charge in [-0.2, -0.15) is 0 Å². The first-order valence-electron chi connectivity index (χ1n) is 14.6. The van der Waals surface area contributed by atoms with Gasteiger partial charge in [-0.25, -0.2) is 0 Å². The molecule has 5 N–H and O–H groups in total. The van der Waals surface area contributed by atoms with Gasteiger partial charge in [-0.1, -0.05) is 25.3 Å². The van der Waals surface area contributed by atoms with Gasteiger partial charge in [-0.3, -0.25) is 14.6 Å². The molecule has 43 heavy (non-hydrogen) atoms. The molecule has 0 aliphatic carbocycles. The van der Waals surface area contributed by atoms with Crippen LogP contribution in [0.2, 0.25) is 0 Å². The molecule has 8 heteroatoms. The molecule has 1 amide bonds. The fraction of sp³-hybridized carbons (Fsp3) is 0.286. The van der Waals surface area contributed by atoms with Gasteiger partial charge in [0.2, 0.25) is 5.91 Å². The normalized spacial score (nSPS) is 18.7. The smallest absolute Gasteiger partial charge is 0.303 e. The van der Waals surface area contributed by atoms with Gasteiger partial charge in [0.25, 0.3) is 0 Å². The summed E-state index contributed by atoms with van der Waals surface area (Å²) < 4.78 is 0. The van der Waals surface area contributed by atoms with E-state index in [1.807, 2.05) is 25.2 Å². The van der Waals surface area contributed by atoms with Crippen LogP contribution in [-0.2, 0) is 16.0 Å². The second-order valence-electron chi connectivity index (χ2n) is 11.2. The Bertz CT molecular complexity index is 1990. The third kappa shape index (κ3) is 5.52. The van der Waals surface area contributed by atoms with Gasteiger partial charge >= 0.3 is 5.97 Å². The topological polar surface area (TPSA) is 126 Å². The molecule has 8 nitrogen and oxygen atoms in total. The third-order valence-corrected chi connectivity index (χ3v) is 8.77. The van der Waals surface area contributed by atoms with E-state index in [4.69, 9.17) is 4.99 Å². The van der Waals surface area contributed by atoms with Crippen LogP contribution in [0.25, 0.3) is 36.5 Å². The number of carbonyl (C=O) groups is 2. The SMILES string of the molecule is C=Cc1c2[nH]c(c1C)/C=c1\[nH]/c(c(CCC(=O)NC)c1C)=C\C1N=C(/C=c3\[nH]/c(c(C)c3C=C)=C\2)C(C)=C1CCC(=O)O. The van der Waals surface area contributed by atoms with Crippen LogP contribution in [0.3, 0.4) is 0 Å². The lowest BCUT2D eigenvalue weighted by molar-refractivity contribution is -0.137. The molecule has 0 radical (unpaired) electrons. The molecule has 3 aromatic heterocycles.